The summed E-state index contributed by atoms with van der Waals surface area (Å²) >= 11 is 1.61. The zero-order chi connectivity index (χ0) is 13.1. The number of likely N-dealkylation sites (tertiary alicyclic amines) is 1. The van der Waals surface area contributed by atoms with Crippen LogP contribution in [0.2, 0.25) is 0 Å². The Kier molecular flexibility index (Phi) is 3.96. The third-order valence-electron chi connectivity index (χ3n) is 3.61. The predicted octanol–water partition coefficient (Wildman–Crippen LogP) is 2.75. The number of aromatic nitrogens is 1. The van der Waals surface area contributed by atoms with E-state index in [2.05, 4.69) is 15.3 Å². The second kappa shape index (κ2) is 5.86. The fraction of sp³-hybridized carbons (Fsp3) is 0.500. The number of hydrogen-bond donors (Lipinski definition) is 1. The van der Waals surface area contributed by atoms with Gasteiger partial charge >= 0.3 is 0 Å². The summed E-state index contributed by atoms with van der Waals surface area (Å²) in [6.45, 7) is 2.12. The highest BCUT2D eigenvalue weighted by molar-refractivity contribution is 7.13. The largest absolute Gasteiger partial charge is 0.462 e. The van der Waals surface area contributed by atoms with Crippen LogP contribution in [0.5, 0.6) is 0 Å². The summed E-state index contributed by atoms with van der Waals surface area (Å²) < 4.78 is 5.36. The van der Waals surface area contributed by atoms with Crippen molar-refractivity contribution in [1.29, 1.82) is 0 Å². The lowest BCUT2D eigenvalue weighted by Crippen LogP contribution is -2.41. The van der Waals surface area contributed by atoms with Crippen LogP contribution >= 0.6 is 11.3 Å². The standard InChI is InChI=1S/C14H18N2O2S/c17-9-12-4-1-2-6-16(12)8-11-10-19-14(15-11)13-5-3-7-18-13/h3,5,7,10,12,17H,1-2,4,6,8-9H2/t12-/m1/s1. The number of rotatable bonds is 4. The molecule has 0 spiro atoms. The number of piperidine rings is 1. The molecule has 0 aliphatic carbocycles. The van der Waals surface area contributed by atoms with Crippen LogP contribution in [0, 0.1) is 0 Å². The molecule has 0 aromatic carbocycles. The summed E-state index contributed by atoms with van der Waals surface area (Å²) in [5.74, 6) is 0.827. The number of aliphatic hydroxyl groups is 1. The van der Waals surface area contributed by atoms with Crippen LogP contribution in [0.3, 0.4) is 0 Å². The van der Waals surface area contributed by atoms with Gasteiger partial charge in [0.15, 0.2) is 10.8 Å². The molecule has 102 valence electrons. The molecule has 19 heavy (non-hydrogen) atoms. The molecule has 1 aliphatic rings. The van der Waals surface area contributed by atoms with Crippen LogP contribution in [0.1, 0.15) is 25.0 Å². The van der Waals surface area contributed by atoms with Crippen molar-refractivity contribution in [2.24, 2.45) is 0 Å². The number of aliphatic hydroxyl groups excluding tert-OH is 1. The van der Waals surface area contributed by atoms with E-state index in [1.54, 1.807) is 17.6 Å². The zero-order valence-electron chi connectivity index (χ0n) is 10.8. The fourth-order valence-corrected chi connectivity index (χ4v) is 3.35. The van der Waals surface area contributed by atoms with Gasteiger partial charge in [-0.25, -0.2) is 4.98 Å². The second-order valence-corrected chi connectivity index (χ2v) is 5.78. The van der Waals surface area contributed by atoms with Crippen LogP contribution in [0.4, 0.5) is 0 Å². The SMILES string of the molecule is OC[C@H]1CCCCN1Cc1csc(-c2ccco2)n1. The molecular formula is C14H18N2O2S. The lowest BCUT2D eigenvalue weighted by molar-refractivity contribution is 0.0832. The highest BCUT2D eigenvalue weighted by Crippen LogP contribution is 2.26. The smallest absolute Gasteiger partial charge is 0.162 e. The van der Waals surface area contributed by atoms with Gasteiger partial charge in [-0.2, -0.15) is 0 Å². The average molecular weight is 278 g/mol. The van der Waals surface area contributed by atoms with E-state index in [0.29, 0.717) is 6.04 Å². The molecule has 4 nitrogen and oxygen atoms in total. The van der Waals surface area contributed by atoms with Gasteiger partial charge in [0, 0.05) is 18.0 Å². The summed E-state index contributed by atoms with van der Waals surface area (Å²) in [6.07, 6.45) is 5.19. The number of hydrogen-bond acceptors (Lipinski definition) is 5. The maximum absolute atomic E-state index is 9.42. The average Bonchev–Trinajstić information content (AvgIpc) is 3.09. The Labute approximate surface area is 116 Å². The fourth-order valence-electron chi connectivity index (χ4n) is 2.58. The van der Waals surface area contributed by atoms with Crippen LogP contribution in [0.25, 0.3) is 10.8 Å². The summed E-state index contributed by atoms with van der Waals surface area (Å²) in [4.78, 5) is 6.95. The van der Waals surface area contributed by atoms with Gasteiger partial charge in [0.2, 0.25) is 0 Å². The molecule has 2 aromatic heterocycles. The molecule has 2 aromatic rings. The molecular weight excluding hydrogens is 260 g/mol. The third kappa shape index (κ3) is 2.88. The van der Waals surface area contributed by atoms with Crippen molar-refractivity contribution < 1.29 is 9.52 Å². The first kappa shape index (κ1) is 12.8. The van der Waals surface area contributed by atoms with E-state index in [1.807, 2.05) is 12.1 Å². The highest BCUT2D eigenvalue weighted by Gasteiger charge is 2.22. The molecule has 0 radical (unpaired) electrons. The Bertz CT molecular complexity index is 509. The van der Waals surface area contributed by atoms with Gasteiger partial charge in [0.05, 0.1) is 18.6 Å². The molecule has 5 heteroatoms. The number of furan rings is 1. The molecule has 3 heterocycles. The van der Waals surface area contributed by atoms with Crippen molar-refractivity contribution in [3.8, 4) is 10.8 Å². The van der Waals surface area contributed by atoms with E-state index in [-0.39, 0.29) is 6.61 Å². The van der Waals surface area contributed by atoms with Crippen LogP contribution in [-0.2, 0) is 6.54 Å². The van der Waals surface area contributed by atoms with E-state index in [4.69, 9.17) is 4.42 Å². The minimum Gasteiger partial charge on any atom is -0.462 e. The minimum absolute atomic E-state index is 0.245. The third-order valence-corrected chi connectivity index (χ3v) is 4.51. The van der Waals surface area contributed by atoms with E-state index in [9.17, 15) is 5.11 Å². The maximum atomic E-state index is 9.42. The van der Waals surface area contributed by atoms with Crippen LogP contribution in [-0.4, -0.2) is 34.2 Å². The summed E-state index contributed by atoms with van der Waals surface area (Å²) in [5, 5.41) is 12.4. The van der Waals surface area contributed by atoms with Gasteiger partial charge in [-0.1, -0.05) is 6.42 Å². The zero-order valence-corrected chi connectivity index (χ0v) is 11.6. The Morgan fingerprint density at radius 3 is 3.21 bits per heavy atom. The van der Waals surface area contributed by atoms with Gasteiger partial charge in [0.1, 0.15) is 0 Å². The van der Waals surface area contributed by atoms with Crippen molar-refractivity contribution >= 4 is 11.3 Å². The first-order chi connectivity index (χ1) is 9.36. The Hall–Kier alpha value is -1.17. The summed E-state index contributed by atoms with van der Waals surface area (Å²) in [5.41, 5.74) is 1.07. The number of nitrogens with zero attached hydrogens (tertiary/aromatic N) is 2. The van der Waals surface area contributed by atoms with Crippen molar-refractivity contribution in [2.75, 3.05) is 13.2 Å². The molecule has 0 unspecified atom stereocenters. The Morgan fingerprint density at radius 2 is 2.42 bits per heavy atom. The van der Waals surface area contributed by atoms with Crippen molar-refractivity contribution in [3.63, 3.8) is 0 Å². The van der Waals surface area contributed by atoms with Gasteiger partial charge < -0.3 is 9.52 Å². The van der Waals surface area contributed by atoms with Gasteiger partial charge in [-0.15, -0.1) is 11.3 Å². The molecule has 3 rings (SSSR count). The Morgan fingerprint density at radius 1 is 1.47 bits per heavy atom. The first-order valence-corrected chi connectivity index (χ1v) is 7.58. The molecule has 0 saturated carbocycles. The lowest BCUT2D eigenvalue weighted by Gasteiger charge is -2.33. The normalized spacial score (nSPS) is 20.8. The number of thiazole rings is 1. The van der Waals surface area contributed by atoms with E-state index in [0.717, 1.165) is 36.0 Å². The Balaban J connectivity index is 1.69. The topological polar surface area (TPSA) is 49.5 Å². The second-order valence-electron chi connectivity index (χ2n) is 4.92. The molecule has 1 N–H and O–H groups in total. The molecule has 1 saturated heterocycles. The minimum atomic E-state index is 0.245. The van der Waals surface area contributed by atoms with Gasteiger partial charge in [-0.3, -0.25) is 4.90 Å². The van der Waals surface area contributed by atoms with Crippen LogP contribution in [0.15, 0.2) is 28.2 Å². The summed E-state index contributed by atoms with van der Waals surface area (Å²) in [6, 6.07) is 4.10. The van der Waals surface area contributed by atoms with E-state index in [1.165, 1.54) is 12.8 Å². The maximum Gasteiger partial charge on any atom is 0.162 e. The van der Waals surface area contributed by atoms with E-state index < -0.39 is 0 Å². The lowest BCUT2D eigenvalue weighted by atomic mass is 10.0. The molecule has 1 atom stereocenters. The van der Waals surface area contributed by atoms with Crippen molar-refractivity contribution in [3.05, 3.63) is 29.5 Å². The predicted molar refractivity (Wildman–Crippen MR) is 75.0 cm³/mol. The van der Waals surface area contributed by atoms with Gasteiger partial charge in [0.25, 0.3) is 0 Å². The molecule has 0 amide bonds. The molecule has 0 bridgehead atoms. The molecule has 1 aliphatic heterocycles. The van der Waals surface area contributed by atoms with Crippen LogP contribution < -0.4 is 0 Å². The van der Waals surface area contributed by atoms with E-state index >= 15 is 0 Å². The quantitative estimate of drug-likeness (QED) is 0.934. The highest BCUT2D eigenvalue weighted by atomic mass is 32.1. The van der Waals surface area contributed by atoms with Crippen molar-refractivity contribution in [1.82, 2.24) is 9.88 Å². The first-order valence-electron chi connectivity index (χ1n) is 6.70. The van der Waals surface area contributed by atoms with Gasteiger partial charge in [-0.05, 0) is 31.5 Å². The molecule has 1 fully saturated rings. The monoisotopic (exact) mass is 278 g/mol. The van der Waals surface area contributed by atoms with Crippen molar-refractivity contribution in [2.45, 2.75) is 31.8 Å². The summed E-state index contributed by atoms with van der Waals surface area (Å²) in [7, 11) is 0.